The van der Waals surface area contributed by atoms with E-state index < -0.39 is 0 Å². The molecule has 1 unspecified atom stereocenters. The molecule has 1 aromatic carbocycles. The summed E-state index contributed by atoms with van der Waals surface area (Å²) in [6.45, 7) is 2.11. The Hall–Kier alpha value is -1.08. The topological polar surface area (TPSA) is 20.2 Å². The Morgan fingerprint density at radius 2 is 2.08 bits per heavy atom. The van der Waals surface area contributed by atoms with E-state index in [9.17, 15) is 5.11 Å². The van der Waals surface area contributed by atoms with Crippen LogP contribution < -0.4 is 0 Å². The van der Waals surface area contributed by atoms with Gasteiger partial charge >= 0.3 is 0 Å². The lowest BCUT2D eigenvalue weighted by molar-refractivity contribution is 0.232. The molecule has 0 radical (unpaired) electrons. The zero-order valence-electron chi connectivity index (χ0n) is 7.12. The zero-order valence-corrected chi connectivity index (χ0v) is 7.12. The van der Waals surface area contributed by atoms with Crippen LogP contribution in [0.5, 0.6) is 0 Å². The number of rotatable bonds is 1. The molecule has 1 nitrogen and oxygen atoms in total. The van der Waals surface area contributed by atoms with E-state index in [-0.39, 0.29) is 6.10 Å². The van der Waals surface area contributed by atoms with Gasteiger partial charge in [-0.25, -0.2) is 0 Å². The highest BCUT2D eigenvalue weighted by atomic mass is 16.3. The lowest BCUT2D eigenvalue weighted by Crippen LogP contribution is -1.88. The van der Waals surface area contributed by atoms with Gasteiger partial charge in [-0.2, -0.15) is 0 Å². The molecule has 1 aliphatic carbocycles. The molecule has 62 valence electrons. The third-order valence-electron chi connectivity index (χ3n) is 2.37. The molecule has 0 saturated carbocycles. The van der Waals surface area contributed by atoms with Gasteiger partial charge in [-0.15, -0.1) is 0 Å². The van der Waals surface area contributed by atoms with E-state index in [4.69, 9.17) is 0 Å². The first-order chi connectivity index (χ1) is 5.83. The largest absolute Gasteiger partial charge is 0.384 e. The van der Waals surface area contributed by atoms with Gasteiger partial charge in [-0.3, -0.25) is 0 Å². The third-order valence-corrected chi connectivity index (χ3v) is 2.37. The van der Waals surface area contributed by atoms with Crippen molar-refractivity contribution in [3.05, 3.63) is 41.5 Å². The number of fused-ring (bicyclic) bond motifs is 1. The molecule has 0 aliphatic heterocycles. The maximum Gasteiger partial charge on any atom is 0.0983 e. The molecule has 0 aromatic heterocycles. The SMILES string of the molecule is CCC1=CC(O)c2ccccc21. The van der Waals surface area contributed by atoms with E-state index in [1.54, 1.807) is 0 Å². The number of hydrogen-bond donors (Lipinski definition) is 1. The van der Waals surface area contributed by atoms with Crippen molar-refractivity contribution in [2.24, 2.45) is 0 Å². The van der Waals surface area contributed by atoms with Crippen molar-refractivity contribution in [3.63, 3.8) is 0 Å². The van der Waals surface area contributed by atoms with Crippen molar-refractivity contribution >= 4 is 5.57 Å². The summed E-state index contributed by atoms with van der Waals surface area (Å²) in [5.74, 6) is 0. The molecule has 0 bridgehead atoms. The Balaban J connectivity index is 2.53. The molecule has 1 atom stereocenters. The van der Waals surface area contributed by atoms with Crippen molar-refractivity contribution < 1.29 is 5.11 Å². The normalized spacial score (nSPS) is 20.5. The number of hydrogen-bond acceptors (Lipinski definition) is 1. The first-order valence-electron chi connectivity index (χ1n) is 4.31. The monoisotopic (exact) mass is 160 g/mol. The zero-order chi connectivity index (χ0) is 8.55. The van der Waals surface area contributed by atoms with Crippen LogP contribution in [0.1, 0.15) is 30.6 Å². The van der Waals surface area contributed by atoms with E-state index in [2.05, 4.69) is 13.0 Å². The van der Waals surface area contributed by atoms with Crippen LogP contribution >= 0.6 is 0 Å². The van der Waals surface area contributed by atoms with Crippen LogP contribution in [0.15, 0.2) is 30.3 Å². The van der Waals surface area contributed by atoms with E-state index in [0.29, 0.717) is 0 Å². The van der Waals surface area contributed by atoms with Gasteiger partial charge in [0.1, 0.15) is 0 Å². The number of allylic oxidation sites excluding steroid dienone is 1. The average Bonchev–Trinajstić information content (AvgIpc) is 2.44. The summed E-state index contributed by atoms with van der Waals surface area (Å²) in [6.07, 6.45) is 2.55. The van der Waals surface area contributed by atoms with E-state index in [0.717, 1.165) is 12.0 Å². The van der Waals surface area contributed by atoms with Crippen LogP contribution in [0.25, 0.3) is 5.57 Å². The van der Waals surface area contributed by atoms with Crippen LogP contribution in [-0.2, 0) is 0 Å². The molecule has 12 heavy (non-hydrogen) atoms. The van der Waals surface area contributed by atoms with Gasteiger partial charge in [0.2, 0.25) is 0 Å². The first kappa shape index (κ1) is 7.56. The van der Waals surface area contributed by atoms with Gasteiger partial charge in [0.05, 0.1) is 6.10 Å². The van der Waals surface area contributed by atoms with E-state index >= 15 is 0 Å². The fraction of sp³-hybridized carbons (Fsp3) is 0.273. The van der Waals surface area contributed by atoms with Crippen molar-refractivity contribution in [1.82, 2.24) is 0 Å². The van der Waals surface area contributed by atoms with Crippen LogP contribution in [0.2, 0.25) is 0 Å². The fourth-order valence-corrected chi connectivity index (χ4v) is 1.73. The summed E-state index contributed by atoms with van der Waals surface area (Å²) in [4.78, 5) is 0. The standard InChI is InChI=1S/C11H12O/c1-2-8-7-11(12)10-6-4-3-5-9(8)10/h3-7,11-12H,2H2,1H3. The minimum absolute atomic E-state index is 0.379. The molecule has 0 saturated heterocycles. The predicted molar refractivity (Wildman–Crippen MR) is 49.7 cm³/mol. The number of benzene rings is 1. The molecular formula is C11H12O. The second-order valence-electron chi connectivity index (χ2n) is 3.08. The van der Waals surface area contributed by atoms with E-state index in [1.165, 1.54) is 11.1 Å². The lowest BCUT2D eigenvalue weighted by atomic mass is 10.0. The molecule has 2 rings (SSSR count). The van der Waals surface area contributed by atoms with Crippen LogP contribution in [0, 0.1) is 0 Å². The van der Waals surface area contributed by atoms with Gasteiger partial charge < -0.3 is 5.11 Å². The Morgan fingerprint density at radius 3 is 2.83 bits per heavy atom. The molecule has 1 aliphatic rings. The molecule has 1 heteroatoms. The summed E-state index contributed by atoms with van der Waals surface area (Å²) in [5, 5.41) is 9.61. The van der Waals surface area contributed by atoms with Crippen LogP contribution in [0.3, 0.4) is 0 Å². The Kier molecular flexibility index (Phi) is 1.74. The van der Waals surface area contributed by atoms with E-state index in [1.807, 2.05) is 24.3 Å². The molecule has 0 heterocycles. The Labute approximate surface area is 72.4 Å². The summed E-state index contributed by atoms with van der Waals surface area (Å²) in [5.41, 5.74) is 3.53. The van der Waals surface area contributed by atoms with Gasteiger partial charge in [-0.05, 0) is 29.2 Å². The quantitative estimate of drug-likeness (QED) is 0.669. The summed E-state index contributed by atoms with van der Waals surface area (Å²) in [7, 11) is 0. The van der Waals surface area contributed by atoms with Crippen molar-refractivity contribution in [1.29, 1.82) is 0 Å². The van der Waals surface area contributed by atoms with Crippen molar-refractivity contribution in [2.75, 3.05) is 0 Å². The molecular weight excluding hydrogens is 148 g/mol. The highest BCUT2D eigenvalue weighted by Gasteiger charge is 2.18. The maximum atomic E-state index is 9.61. The predicted octanol–water partition coefficient (Wildman–Crippen LogP) is 2.53. The molecule has 0 amide bonds. The second-order valence-corrected chi connectivity index (χ2v) is 3.08. The summed E-state index contributed by atoms with van der Waals surface area (Å²) >= 11 is 0. The van der Waals surface area contributed by atoms with Crippen LogP contribution in [0.4, 0.5) is 0 Å². The van der Waals surface area contributed by atoms with Crippen molar-refractivity contribution in [2.45, 2.75) is 19.4 Å². The summed E-state index contributed by atoms with van der Waals surface area (Å²) < 4.78 is 0. The van der Waals surface area contributed by atoms with Gasteiger partial charge in [-0.1, -0.05) is 31.2 Å². The third kappa shape index (κ3) is 0.978. The highest BCUT2D eigenvalue weighted by Crippen LogP contribution is 2.35. The number of aliphatic hydroxyl groups is 1. The first-order valence-corrected chi connectivity index (χ1v) is 4.31. The maximum absolute atomic E-state index is 9.61. The number of aliphatic hydroxyl groups excluding tert-OH is 1. The Morgan fingerprint density at radius 1 is 1.33 bits per heavy atom. The molecule has 0 spiro atoms. The summed E-state index contributed by atoms with van der Waals surface area (Å²) in [6, 6.07) is 8.04. The minimum atomic E-state index is -0.379. The average molecular weight is 160 g/mol. The molecule has 0 fully saturated rings. The van der Waals surface area contributed by atoms with Gasteiger partial charge in [0.15, 0.2) is 0 Å². The highest BCUT2D eigenvalue weighted by molar-refractivity contribution is 5.73. The Bertz CT molecular complexity index is 326. The van der Waals surface area contributed by atoms with Crippen LogP contribution in [-0.4, -0.2) is 5.11 Å². The minimum Gasteiger partial charge on any atom is -0.384 e. The molecule has 1 N–H and O–H groups in total. The van der Waals surface area contributed by atoms with Gasteiger partial charge in [0.25, 0.3) is 0 Å². The van der Waals surface area contributed by atoms with Gasteiger partial charge in [0, 0.05) is 0 Å². The smallest absolute Gasteiger partial charge is 0.0983 e. The second kappa shape index (κ2) is 2.76. The van der Waals surface area contributed by atoms with Crippen molar-refractivity contribution in [3.8, 4) is 0 Å². The lowest BCUT2D eigenvalue weighted by Gasteiger charge is -2.03. The fourth-order valence-electron chi connectivity index (χ4n) is 1.73. The molecule has 1 aromatic rings.